The van der Waals surface area contributed by atoms with Crippen molar-refractivity contribution >= 4 is 60.5 Å². The number of rotatable bonds is 8. The van der Waals surface area contributed by atoms with Crippen molar-refractivity contribution in [2.75, 3.05) is 4.90 Å². The molecule has 12 rings (SSSR count). The lowest BCUT2D eigenvalue weighted by Gasteiger charge is -2.29. The van der Waals surface area contributed by atoms with E-state index in [1.807, 2.05) is 12.1 Å². The number of fused-ring (bicyclic) bond motifs is 5. The number of para-hydroxylation sites is 2. The Balaban J connectivity index is 1.02. The van der Waals surface area contributed by atoms with Crippen LogP contribution in [0.3, 0.4) is 0 Å². The highest BCUT2D eigenvalue weighted by Crippen LogP contribution is 2.46. The summed E-state index contributed by atoms with van der Waals surface area (Å²) in [5.74, 6) is 0. The van der Waals surface area contributed by atoms with Crippen molar-refractivity contribution in [3.63, 3.8) is 0 Å². The van der Waals surface area contributed by atoms with Crippen LogP contribution in [0.15, 0.2) is 253 Å². The van der Waals surface area contributed by atoms with Crippen molar-refractivity contribution < 1.29 is 4.42 Å². The van der Waals surface area contributed by atoms with E-state index in [1.165, 1.54) is 43.8 Å². The molecule has 12 aromatic rings. The van der Waals surface area contributed by atoms with Gasteiger partial charge in [-0.05, 0) is 102 Å². The molecular weight excluding hydrogens is 775 g/mol. The zero-order valence-corrected chi connectivity index (χ0v) is 35.0. The third-order valence-electron chi connectivity index (χ3n) is 12.7. The maximum atomic E-state index is 6.58. The van der Waals surface area contributed by atoms with Gasteiger partial charge in [0.1, 0.15) is 11.2 Å². The van der Waals surface area contributed by atoms with Gasteiger partial charge >= 0.3 is 0 Å². The molecular formula is C62H41NO. The standard InChI is InChI=1S/C62H41NO/c1-2-14-46(15-3-1)56-39-36-49(55-26-12-19-45-17-5-7-23-53(45)55)41-60(56)63(51-21-10-20-48(40-51)57-27-13-28-59-58-24-8-9-29-61(58)64-62(57)59)50-37-34-43(35-38-50)42-30-32-47(33-31-42)54-25-11-18-44-16-4-6-22-52(44)54/h1-41H. The average Bonchev–Trinajstić information content (AvgIpc) is 3.76. The summed E-state index contributed by atoms with van der Waals surface area (Å²) in [6.07, 6.45) is 0. The Labute approximate surface area is 372 Å². The fourth-order valence-electron chi connectivity index (χ4n) is 9.56. The molecule has 11 aromatic carbocycles. The molecule has 0 spiro atoms. The molecule has 0 atom stereocenters. The highest BCUT2D eigenvalue weighted by atomic mass is 16.3. The summed E-state index contributed by atoms with van der Waals surface area (Å²) in [6.45, 7) is 0. The monoisotopic (exact) mass is 815 g/mol. The van der Waals surface area contributed by atoms with Crippen molar-refractivity contribution in [3.8, 4) is 55.6 Å². The Morgan fingerprint density at radius 1 is 0.266 bits per heavy atom. The van der Waals surface area contributed by atoms with Gasteiger partial charge in [-0.3, -0.25) is 0 Å². The minimum Gasteiger partial charge on any atom is -0.455 e. The molecule has 0 saturated heterocycles. The van der Waals surface area contributed by atoms with E-state index >= 15 is 0 Å². The van der Waals surface area contributed by atoms with Crippen LogP contribution < -0.4 is 4.90 Å². The Morgan fingerprint density at radius 3 is 1.48 bits per heavy atom. The van der Waals surface area contributed by atoms with Crippen molar-refractivity contribution in [1.82, 2.24) is 0 Å². The molecule has 0 aliphatic heterocycles. The van der Waals surface area contributed by atoms with Crippen LogP contribution in [0, 0.1) is 0 Å². The van der Waals surface area contributed by atoms with Crippen LogP contribution in [-0.4, -0.2) is 0 Å². The van der Waals surface area contributed by atoms with Gasteiger partial charge in [-0.1, -0.05) is 212 Å². The Bertz CT molecular complexity index is 3650. The third kappa shape index (κ3) is 6.61. The summed E-state index contributed by atoms with van der Waals surface area (Å²) in [5, 5.41) is 7.20. The first-order chi connectivity index (χ1) is 31.7. The second-order valence-electron chi connectivity index (χ2n) is 16.4. The molecule has 0 aliphatic carbocycles. The molecule has 0 N–H and O–H groups in total. The van der Waals surface area contributed by atoms with Gasteiger partial charge in [-0.2, -0.15) is 0 Å². The van der Waals surface area contributed by atoms with Crippen LogP contribution in [0.5, 0.6) is 0 Å². The normalized spacial score (nSPS) is 11.4. The quantitative estimate of drug-likeness (QED) is 0.152. The van der Waals surface area contributed by atoms with E-state index in [0.29, 0.717) is 0 Å². The smallest absolute Gasteiger partial charge is 0.143 e. The van der Waals surface area contributed by atoms with Gasteiger partial charge in [-0.25, -0.2) is 0 Å². The lowest BCUT2D eigenvalue weighted by atomic mass is 9.93. The molecule has 0 saturated carbocycles. The first-order valence-corrected chi connectivity index (χ1v) is 21.9. The van der Waals surface area contributed by atoms with Crippen LogP contribution >= 0.6 is 0 Å². The number of anilines is 3. The second kappa shape index (κ2) is 15.8. The van der Waals surface area contributed by atoms with Crippen LogP contribution in [0.1, 0.15) is 0 Å². The number of benzene rings is 11. The van der Waals surface area contributed by atoms with E-state index in [-0.39, 0.29) is 0 Å². The molecule has 0 amide bonds. The summed E-state index contributed by atoms with van der Waals surface area (Å²) in [7, 11) is 0. The van der Waals surface area contributed by atoms with Gasteiger partial charge < -0.3 is 9.32 Å². The molecule has 64 heavy (non-hydrogen) atoms. The Morgan fingerprint density at radius 2 is 0.750 bits per heavy atom. The zero-order valence-electron chi connectivity index (χ0n) is 35.0. The SMILES string of the molecule is c1ccc(-c2ccc(-c3cccc4ccccc34)cc2N(c2ccc(-c3ccc(-c4cccc5ccccc45)cc3)cc2)c2cccc(-c3cccc4c3oc3ccccc34)c2)cc1. The van der Waals surface area contributed by atoms with E-state index in [1.54, 1.807) is 0 Å². The predicted octanol–water partition coefficient (Wildman–Crippen LogP) is 17.7. The van der Waals surface area contributed by atoms with Crippen LogP contribution in [-0.2, 0) is 0 Å². The van der Waals surface area contributed by atoms with E-state index < -0.39 is 0 Å². The molecule has 0 aliphatic rings. The number of furan rings is 1. The molecule has 0 unspecified atom stereocenters. The first kappa shape index (κ1) is 37.3. The topological polar surface area (TPSA) is 16.4 Å². The summed E-state index contributed by atoms with van der Waals surface area (Å²) < 4.78 is 6.58. The fraction of sp³-hybridized carbons (Fsp3) is 0. The molecule has 0 radical (unpaired) electrons. The van der Waals surface area contributed by atoms with Gasteiger partial charge in [0.25, 0.3) is 0 Å². The molecule has 300 valence electrons. The highest BCUT2D eigenvalue weighted by molar-refractivity contribution is 6.10. The zero-order chi connectivity index (χ0) is 42.4. The van der Waals surface area contributed by atoms with Crippen LogP contribution in [0.4, 0.5) is 17.1 Å². The molecule has 0 bridgehead atoms. The maximum Gasteiger partial charge on any atom is 0.143 e. The van der Waals surface area contributed by atoms with Gasteiger partial charge in [0.15, 0.2) is 0 Å². The summed E-state index contributed by atoms with van der Waals surface area (Å²) in [6, 6.07) is 89.7. The maximum absolute atomic E-state index is 6.58. The molecule has 1 aromatic heterocycles. The molecule has 0 fully saturated rings. The highest BCUT2D eigenvalue weighted by Gasteiger charge is 2.21. The fourth-order valence-corrected chi connectivity index (χ4v) is 9.56. The minimum absolute atomic E-state index is 0.892. The van der Waals surface area contributed by atoms with Crippen molar-refractivity contribution in [1.29, 1.82) is 0 Å². The molecule has 1 heterocycles. The van der Waals surface area contributed by atoms with Gasteiger partial charge in [0.2, 0.25) is 0 Å². The Hall–Kier alpha value is -8.46. The number of hydrogen-bond acceptors (Lipinski definition) is 2. The van der Waals surface area contributed by atoms with E-state index in [2.05, 4.69) is 241 Å². The van der Waals surface area contributed by atoms with E-state index in [9.17, 15) is 0 Å². The lowest BCUT2D eigenvalue weighted by molar-refractivity contribution is 0.670. The van der Waals surface area contributed by atoms with E-state index in [4.69, 9.17) is 4.42 Å². The van der Waals surface area contributed by atoms with Gasteiger partial charge in [-0.15, -0.1) is 0 Å². The van der Waals surface area contributed by atoms with Crippen molar-refractivity contribution in [2.45, 2.75) is 0 Å². The third-order valence-corrected chi connectivity index (χ3v) is 12.7. The van der Waals surface area contributed by atoms with Crippen molar-refractivity contribution in [3.05, 3.63) is 249 Å². The summed E-state index contributed by atoms with van der Waals surface area (Å²) in [4.78, 5) is 2.42. The Kier molecular flexibility index (Phi) is 9.20. The average molecular weight is 816 g/mol. The van der Waals surface area contributed by atoms with Gasteiger partial charge in [0.05, 0.1) is 5.69 Å². The van der Waals surface area contributed by atoms with Crippen LogP contribution in [0.2, 0.25) is 0 Å². The number of hydrogen-bond donors (Lipinski definition) is 0. The lowest BCUT2D eigenvalue weighted by Crippen LogP contribution is -2.11. The van der Waals surface area contributed by atoms with Crippen LogP contribution in [0.25, 0.3) is 99.1 Å². The first-order valence-electron chi connectivity index (χ1n) is 21.9. The molecule has 2 nitrogen and oxygen atoms in total. The minimum atomic E-state index is 0.892. The predicted molar refractivity (Wildman–Crippen MR) is 271 cm³/mol. The summed E-state index contributed by atoms with van der Waals surface area (Å²) >= 11 is 0. The second-order valence-corrected chi connectivity index (χ2v) is 16.4. The largest absolute Gasteiger partial charge is 0.455 e. The van der Waals surface area contributed by atoms with E-state index in [0.717, 1.165) is 72.4 Å². The molecule has 2 heteroatoms. The van der Waals surface area contributed by atoms with Crippen molar-refractivity contribution in [2.24, 2.45) is 0 Å². The number of nitrogens with zero attached hydrogens (tertiary/aromatic N) is 1. The summed E-state index contributed by atoms with van der Waals surface area (Å²) in [5.41, 5.74) is 16.6. The van der Waals surface area contributed by atoms with Gasteiger partial charge in [0, 0.05) is 33.3 Å².